The van der Waals surface area contributed by atoms with Gasteiger partial charge in [0.15, 0.2) is 5.03 Å². The van der Waals surface area contributed by atoms with Crippen LogP contribution in [0.5, 0.6) is 0 Å². The van der Waals surface area contributed by atoms with Crippen molar-refractivity contribution in [3.8, 4) is 11.3 Å². The molecule has 0 aliphatic carbocycles. The third-order valence-electron chi connectivity index (χ3n) is 3.41. The normalized spacial score (nSPS) is 11.6. The number of thiazole rings is 1. The zero-order valence-corrected chi connectivity index (χ0v) is 14.6. The predicted molar refractivity (Wildman–Crippen MR) is 91.0 cm³/mol. The van der Waals surface area contributed by atoms with Crippen molar-refractivity contribution in [2.45, 2.75) is 18.9 Å². The number of rotatable bonds is 4. The van der Waals surface area contributed by atoms with Crippen molar-refractivity contribution >= 4 is 27.0 Å². The topological polar surface area (TPSA) is 76.9 Å². The molecule has 2 aromatic heterocycles. The lowest BCUT2D eigenvalue weighted by Gasteiger charge is -2.06. The number of hydrogen-bond donors (Lipinski definition) is 1. The van der Waals surface area contributed by atoms with Crippen molar-refractivity contribution < 1.29 is 8.42 Å². The fourth-order valence-electron chi connectivity index (χ4n) is 2.07. The van der Waals surface area contributed by atoms with Crippen LogP contribution in [-0.2, 0) is 17.1 Å². The molecule has 0 bridgehead atoms. The summed E-state index contributed by atoms with van der Waals surface area (Å²) in [5.41, 5.74) is 2.33. The van der Waals surface area contributed by atoms with E-state index in [1.54, 1.807) is 42.0 Å². The first kappa shape index (κ1) is 15.7. The Morgan fingerprint density at radius 2 is 1.83 bits per heavy atom. The van der Waals surface area contributed by atoms with Crippen LogP contribution in [0.2, 0.25) is 0 Å². The molecule has 0 amide bonds. The van der Waals surface area contributed by atoms with Crippen molar-refractivity contribution in [2.24, 2.45) is 7.05 Å². The first-order valence-corrected chi connectivity index (χ1v) is 9.27. The Labute approximate surface area is 138 Å². The van der Waals surface area contributed by atoms with Gasteiger partial charge >= 0.3 is 0 Å². The van der Waals surface area contributed by atoms with Crippen LogP contribution in [-0.4, -0.2) is 23.0 Å². The molecule has 1 N–H and O–H groups in total. The first-order valence-electron chi connectivity index (χ1n) is 6.90. The molecule has 6 nitrogen and oxygen atoms in total. The van der Waals surface area contributed by atoms with Gasteiger partial charge in [-0.3, -0.25) is 4.72 Å². The molecule has 0 fully saturated rings. The van der Waals surface area contributed by atoms with Gasteiger partial charge in [0, 0.05) is 29.9 Å². The highest BCUT2D eigenvalue weighted by Gasteiger charge is 2.18. The second kappa shape index (κ2) is 5.78. The van der Waals surface area contributed by atoms with Crippen molar-refractivity contribution in [2.75, 3.05) is 4.72 Å². The lowest BCUT2D eigenvalue weighted by Crippen LogP contribution is -2.13. The summed E-state index contributed by atoms with van der Waals surface area (Å²) in [5, 5.41) is 2.98. The zero-order chi connectivity index (χ0) is 16.6. The summed E-state index contributed by atoms with van der Waals surface area (Å²) in [6.07, 6.45) is 1.49. The Kier molecular flexibility index (Phi) is 3.95. The minimum absolute atomic E-state index is 0.0108. The van der Waals surface area contributed by atoms with Crippen LogP contribution in [0.1, 0.15) is 10.8 Å². The van der Waals surface area contributed by atoms with Gasteiger partial charge in [0.1, 0.15) is 5.82 Å². The summed E-state index contributed by atoms with van der Waals surface area (Å²) in [6, 6.07) is 7.13. The molecule has 0 atom stereocenters. The molecule has 23 heavy (non-hydrogen) atoms. The molecular formula is C15H16N4O2S2. The van der Waals surface area contributed by atoms with Gasteiger partial charge < -0.3 is 4.57 Å². The summed E-state index contributed by atoms with van der Waals surface area (Å²) in [5.74, 6) is 0.639. The highest BCUT2D eigenvalue weighted by atomic mass is 32.2. The third kappa shape index (κ3) is 3.27. The molecule has 3 rings (SSSR count). The van der Waals surface area contributed by atoms with Gasteiger partial charge in [-0.2, -0.15) is 8.42 Å². The summed E-state index contributed by atoms with van der Waals surface area (Å²) < 4.78 is 28.9. The molecule has 0 saturated heterocycles. The molecule has 0 aliphatic heterocycles. The summed E-state index contributed by atoms with van der Waals surface area (Å²) in [7, 11) is -1.93. The third-order valence-corrected chi connectivity index (χ3v) is 5.44. The number of benzene rings is 1. The fourth-order valence-corrected chi connectivity index (χ4v) is 3.79. The van der Waals surface area contributed by atoms with Crippen molar-refractivity contribution in [3.63, 3.8) is 0 Å². The number of aromatic nitrogens is 3. The number of hydrogen-bond acceptors (Lipinski definition) is 5. The number of sulfonamides is 1. The average molecular weight is 348 g/mol. The number of nitrogens with one attached hydrogen (secondary N) is 1. The highest BCUT2D eigenvalue weighted by Crippen LogP contribution is 2.24. The number of aryl methyl sites for hydroxylation is 3. The van der Waals surface area contributed by atoms with Crippen LogP contribution < -0.4 is 4.72 Å². The minimum Gasteiger partial charge on any atom is -0.337 e. The van der Waals surface area contributed by atoms with E-state index in [9.17, 15) is 8.42 Å². The Hall–Kier alpha value is -2.19. The number of nitrogens with zero attached hydrogens (tertiary/aromatic N) is 3. The van der Waals surface area contributed by atoms with Crippen LogP contribution in [0.15, 0.2) is 40.9 Å². The molecular weight excluding hydrogens is 332 g/mol. The van der Waals surface area contributed by atoms with E-state index >= 15 is 0 Å². The molecule has 1 aromatic carbocycles. The van der Waals surface area contributed by atoms with Gasteiger partial charge in [0.25, 0.3) is 10.0 Å². The quantitative estimate of drug-likeness (QED) is 0.786. The van der Waals surface area contributed by atoms with Gasteiger partial charge in [0.05, 0.1) is 10.7 Å². The van der Waals surface area contributed by atoms with Gasteiger partial charge in [-0.1, -0.05) is 12.1 Å². The largest absolute Gasteiger partial charge is 0.337 e. The van der Waals surface area contributed by atoms with Gasteiger partial charge in [-0.25, -0.2) is 9.97 Å². The van der Waals surface area contributed by atoms with Gasteiger partial charge in [-0.05, 0) is 26.0 Å². The summed E-state index contributed by atoms with van der Waals surface area (Å²) >= 11 is 1.58. The standard InChI is InChI=1S/C15H16N4O2S2/c1-10-16-15(8-19(10)3)23(20,21)18-13-6-4-12(5-7-13)14-9-22-11(2)17-14/h4-9,18H,1-3H3. The molecule has 2 heterocycles. The van der Waals surface area contributed by atoms with Crippen molar-refractivity contribution in [1.82, 2.24) is 14.5 Å². The Balaban J connectivity index is 1.83. The molecule has 3 aromatic rings. The predicted octanol–water partition coefficient (Wildman–Crippen LogP) is 2.96. The maximum atomic E-state index is 12.3. The van der Waals surface area contributed by atoms with E-state index in [-0.39, 0.29) is 5.03 Å². The fraction of sp³-hybridized carbons (Fsp3) is 0.200. The van der Waals surface area contributed by atoms with E-state index in [0.29, 0.717) is 11.5 Å². The minimum atomic E-state index is -3.68. The molecule has 120 valence electrons. The smallest absolute Gasteiger partial charge is 0.280 e. The number of anilines is 1. The maximum Gasteiger partial charge on any atom is 0.280 e. The van der Waals surface area contributed by atoms with E-state index in [4.69, 9.17) is 0 Å². The van der Waals surface area contributed by atoms with Gasteiger partial charge in [0.2, 0.25) is 0 Å². The average Bonchev–Trinajstić information content (AvgIpc) is 3.07. The van der Waals surface area contributed by atoms with Crippen LogP contribution in [0.25, 0.3) is 11.3 Å². The Morgan fingerprint density at radius 1 is 1.13 bits per heavy atom. The van der Waals surface area contributed by atoms with Crippen LogP contribution >= 0.6 is 11.3 Å². The molecule has 0 saturated carbocycles. The highest BCUT2D eigenvalue weighted by molar-refractivity contribution is 7.92. The van der Waals surface area contributed by atoms with E-state index in [0.717, 1.165) is 16.3 Å². The lowest BCUT2D eigenvalue weighted by atomic mass is 10.1. The molecule has 0 spiro atoms. The van der Waals surface area contributed by atoms with Crippen molar-refractivity contribution in [1.29, 1.82) is 0 Å². The van der Waals surface area contributed by atoms with Gasteiger partial charge in [-0.15, -0.1) is 11.3 Å². The summed E-state index contributed by atoms with van der Waals surface area (Å²) in [4.78, 5) is 8.46. The molecule has 0 aliphatic rings. The lowest BCUT2D eigenvalue weighted by molar-refractivity contribution is 0.598. The second-order valence-electron chi connectivity index (χ2n) is 5.17. The number of imidazole rings is 1. The molecule has 0 radical (unpaired) electrons. The summed E-state index contributed by atoms with van der Waals surface area (Å²) in [6.45, 7) is 3.70. The van der Waals surface area contributed by atoms with Crippen LogP contribution in [0.3, 0.4) is 0 Å². The van der Waals surface area contributed by atoms with E-state index in [1.165, 1.54) is 6.20 Å². The molecule has 0 unspecified atom stereocenters. The van der Waals surface area contributed by atoms with E-state index < -0.39 is 10.0 Å². The SMILES string of the molecule is Cc1nc(-c2ccc(NS(=O)(=O)c3cn(C)c(C)n3)cc2)cs1. The monoisotopic (exact) mass is 348 g/mol. The first-order chi connectivity index (χ1) is 10.8. The van der Waals surface area contributed by atoms with Crippen LogP contribution in [0.4, 0.5) is 5.69 Å². The molecule has 8 heteroatoms. The second-order valence-corrected chi connectivity index (χ2v) is 7.86. The Morgan fingerprint density at radius 3 is 2.35 bits per heavy atom. The van der Waals surface area contributed by atoms with E-state index in [2.05, 4.69) is 14.7 Å². The van der Waals surface area contributed by atoms with E-state index in [1.807, 2.05) is 24.4 Å². The van der Waals surface area contributed by atoms with Crippen LogP contribution in [0, 0.1) is 13.8 Å². The Bertz CT molecular complexity index is 921. The maximum absolute atomic E-state index is 12.3. The zero-order valence-electron chi connectivity index (χ0n) is 12.9. The van der Waals surface area contributed by atoms with Crippen molar-refractivity contribution in [3.05, 3.63) is 46.7 Å².